The Morgan fingerprint density at radius 2 is 1.37 bits per heavy atom. The molecule has 0 fully saturated rings. The van der Waals surface area contributed by atoms with Gasteiger partial charge < -0.3 is 4.74 Å². The van der Waals surface area contributed by atoms with E-state index in [4.69, 9.17) is 4.55 Å². The molecule has 5 nitrogen and oxygen atoms in total. The number of ether oxygens (including phenoxy) is 1. The maximum absolute atomic E-state index is 12.5. The van der Waals surface area contributed by atoms with Crippen molar-refractivity contribution in [2.24, 2.45) is 0 Å². The van der Waals surface area contributed by atoms with Crippen LogP contribution in [0, 0.1) is 0 Å². The summed E-state index contributed by atoms with van der Waals surface area (Å²) in [4.78, 5) is 11.0. The lowest BCUT2D eigenvalue weighted by atomic mass is 10.1. The minimum absolute atomic E-state index is 0.902. The summed E-state index contributed by atoms with van der Waals surface area (Å²) in [6.45, 7) is 1.80. The van der Waals surface area contributed by atoms with E-state index in [1.165, 1.54) is 0 Å². The number of hydrogen-bond donors (Lipinski definition) is 1. The van der Waals surface area contributed by atoms with Crippen LogP contribution >= 0.6 is 0 Å². The van der Waals surface area contributed by atoms with Crippen molar-refractivity contribution in [3.8, 4) is 0 Å². The number of halogens is 6. The summed E-state index contributed by atoms with van der Waals surface area (Å²) < 4.78 is 102. The van der Waals surface area contributed by atoms with E-state index in [9.17, 15) is 39.6 Å². The van der Waals surface area contributed by atoms with Gasteiger partial charge in [0.05, 0.1) is 6.10 Å². The van der Waals surface area contributed by atoms with Crippen molar-refractivity contribution in [1.82, 2.24) is 0 Å². The first-order valence-corrected chi connectivity index (χ1v) is 5.84. The van der Waals surface area contributed by atoms with Crippen LogP contribution in [0.1, 0.15) is 13.8 Å². The molecule has 0 bridgehead atoms. The molecule has 1 N–H and O–H groups in total. The standard InChI is InChI=1S/C7H8F6O5S/c1-3(2)18-4(14)5(6(8,9)10,7(11,12)13)19(15,16)17/h3H,1-2H3,(H,15,16,17). The first kappa shape index (κ1) is 18.0. The van der Waals surface area contributed by atoms with E-state index in [-0.39, 0.29) is 0 Å². The summed E-state index contributed by atoms with van der Waals surface area (Å²) in [5.74, 6) is -3.16. The number of alkyl halides is 6. The second-order valence-corrected chi connectivity index (χ2v) is 5.17. The van der Waals surface area contributed by atoms with E-state index >= 15 is 0 Å². The van der Waals surface area contributed by atoms with Gasteiger partial charge in [-0.15, -0.1) is 0 Å². The van der Waals surface area contributed by atoms with Crippen molar-refractivity contribution < 1.29 is 48.8 Å². The van der Waals surface area contributed by atoms with Crippen LogP contribution < -0.4 is 0 Å². The lowest BCUT2D eigenvalue weighted by Crippen LogP contribution is -2.67. The zero-order valence-corrected chi connectivity index (χ0v) is 10.2. The Hall–Kier alpha value is -1.04. The van der Waals surface area contributed by atoms with Crippen molar-refractivity contribution in [2.75, 3.05) is 0 Å². The molecule has 0 aliphatic rings. The highest BCUT2D eigenvalue weighted by atomic mass is 32.2. The Balaban J connectivity index is 6.37. The smallest absolute Gasteiger partial charge is 0.430 e. The maximum Gasteiger partial charge on any atom is 0.430 e. The third-order valence-electron chi connectivity index (χ3n) is 1.82. The molecule has 0 aliphatic heterocycles. The van der Waals surface area contributed by atoms with Crippen molar-refractivity contribution in [3.63, 3.8) is 0 Å². The van der Waals surface area contributed by atoms with Gasteiger partial charge in [-0.25, -0.2) is 4.79 Å². The Kier molecular flexibility index (Phi) is 4.55. The molecule has 0 unspecified atom stereocenters. The van der Waals surface area contributed by atoms with Crippen LogP contribution in [-0.4, -0.2) is 42.1 Å². The average Bonchev–Trinajstić information content (AvgIpc) is 1.91. The first-order chi connectivity index (χ1) is 8.09. The van der Waals surface area contributed by atoms with Crippen molar-refractivity contribution in [1.29, 1.82) is 0 Å². The van der Waals surface area contributed by atoms with Gasteiger partial charge in [-0.3, -0.25) is 4.55 Å². The zero-order chi connectivity index (χ0) is 15.9. The molecule has 0 rings (SSSR count). The SMILES string of the molecule is CC(C)OC(=O)C(C(F)(F)F)(C(F)(F)F)S(=O)(=O)O. The van der Waals surface area contributed by atoms with Crippen LogP contribution in [0.3, 0.4) is 0 Å². The fourth-order valence-electron chi connectivity index (χ4n) is 1.09. The maximum atomic E-state index is 12.5. The molecule has 0 aromatic heterocycles. The third kappa shape index (κ3) is 2.94. The summed E-state index contributed by atoms with van der Waals surface area (Å²) in [5, 5.41) is 0. The monoisotopic (exact) mass is 318 g/mol. The lowest BCUT2D eigenvalue weighted by molar-refractivity contribution is -0.269. The fourth-order valence-corrected chi connectivity index (χ4v) is 1.93. The van der Waals surface area contributed by atoms with E-state index in [1.54, 1.807) is 0 Å². The second-order valence-electron chi connectivity index (χ2n) is 3.61. The Bertz CT molecular complexity index is 434. The fraction of sp³-hybridized carbons (Fsp3) is 0.857. The Labute approximate surface area is 103 Å². The van der Waals surface area contributed by atoms with Crippen LogP contribution in [0.15, 0.2) is 0 Å². The van der Waals surface area contributed by atoms with E-state index in [0.29, 0.717) is 0 Å². The molecule has 114 valence electrons. The molecule has 0 amide bonds. The highest BCUT2D eigenvalue weighted by Gasteiger charge is 2.84. The van der Waals surface area contributed by atoms with Crippen molar-refractivity contribution >= 4 is 16.1 Å². The van der Waals surface area contributed by atoms with Gasteiger partial charge in [0.2, 0.25) is 0 Å². The van der Waals surface area contributed by atoms with Gasteiger partial charge in [0.25, 0.3) is 0 Å². The highest BCUT2D eigenvalue weighted by Crippen LogP contribution is 2.49. The largest absolute Gasteiger partial charge is 0.461 e. The van der Waals surface area contributed by atoms with E-state index in [0.717, 1.165) is 13.8 Å². The lowest BCUT2D eigenvalue weighted by Gasteiger charge is -2.32. The van der Waals surface area contributed by atoms with Crippen LogP contribution in [0.5, 0.6) is 0 Å². The molecular weight excluding hydrogens is 310 g/mol. The van der Waals surface area contributed by atoms with Gasteiger partial charge in [-0.05, 0) is 13.8 Å². The van der Waals surface area contributed by atoms with Gasteiger partial charge in [0.1, 0.15) is 0 Å². The summed E-state index contributed by atoms with van der Waals surface area (Å²) in [6.07, 6.45) is -14.8. The van der Waals surface area contributed by atoms with Crippen molar-refractivity contribution in [2.45, 2.75) is 37.1 Å². The van der Waals surface area contributed by atoms with E-state index < -0.39 is 39.3 Å². The van der Waals surface area contributed by atoms with Gasteiger partial charge in [-0.1, -0.05) is 0 Å². The van der Waals surface area contributed by atoms with Crippen LogP contribution in [0.2, 0.25) is 0 Å². The third-order valence-corrected chi connectivity index (χ3v) is 3.22. The second kappa shape index (κ2) is 4.81. The molecular formula is C7H8F6O5S. The average molecular weight is 318 g/mol. The summed E-state index contributed by atoms with van der Waals surface area (Å²) >= 11 is 0. The highest BCUT2D eigenvalue weighted by molar-refractivity contribution is 7.88. The summed E-state index contributed by atoms with van der Waals surface area (Å²) in [7, 11) is -6.91. The molecule has 0 aromatic carbocycles. The molecule has 12 heteroatoms. The quantitative estimate of drug-likeness (QED) is 0.486. The van der Waals surface area contributed by atoms with Crippen LogP contribution in [-0.2, 0) is 19.6 Å². The first-order valence-electron chi connectivity index (χ1n) is 4.40. The minimum Gasteiger partial charge on any atom is -0.461 e. The molecule has 19 heavy (non-hydrogen) atoms. The topological polar surface area (TPSA) is 80.7 Å². The van der Waals surface area contributed by atoms with Gasteiger partial charge in [-0.2, -0.15) is 34.8 Å². The molecule has 0 aliphatic carbocycles. The van der Waals surface area contributed by atoms with Gasteiger partial charge >= 0.3 is 33.2 Å². The molecule has 0 atom stereocenters. The summed E-state index contributed by atoms with van der Waals surface area (Å²) in [5.41, 5.74) is 0. The van der Waals surface area contributed by atoms with E-state index in [2.05, 4.69) is 4.74 Å². The molecule has 0 radical (unpaired) electrons. The minimum atomic E-state index is -6.91. The predicted molar refractivity (Wildman–Crippen MR) is 47.6 cm³/mol. The predicted octanol–water partition coefficient (Wildman–Crippen LogP) is 1.69. The van der Waals surface area contributed by atoms with E-state index in [1.807, 2.05) is 0 Å². The Morgan fingerprint density at radius 3 is 1.53 bits per heavy atom. The molecule has 0 aromatic rings. The van der Waals surface area contributed by atoms with Crippen molar-refractivity contribution in [3.05, 3.63) is 0 Å². The zero-order valence-electron chi connectivity index (χ0n) is 9.33. The summed E-state index contributed by atoms with van der Waals surface area (Å²) in [6, 6.07) is 0. The number of carbonyl (C=O) groups is 1. The number of hydrogen-bond acceptors (Lipinski definition) is 4. The normalized spacial score (nSPS) is 14.6. The Morgan fingerprint density at radius 1 is 1.05 bits per heavy atom. The molecule has 0 spiro atoms. The van der Waals surface area contributed by atoms with Gasteiger partial charge in [0, 0.05) is 0 Å². The van der Waals surface area contributed by atoms with Crippen LogP contribution in [0.25, 0.3) is 0 Å². The number of rotatable bonds is 3. The van der Waals surface area contributed by atoms with Crippen LogP contribution in [0.4, 0.5) is 26.3 Å². The molecule has 0 saturated carbocycles. The molecule has 0 saturated heterocycles. The molecule has 0 heterocycles. The van der Waals surface area contributed by atoms with Gasteiger partial charge in [0.15, 0.2) is 0 Å². The number of carbonyl (C=O) groups excluding carboxylic acids is 1. The number of esters is 1.